The van der Waals surface area contributed by atoms with Crippen LogP contribution in [-0.4, -0.2) is 33.3 Å². The summed E-state index contributed by atoms with van der Waals surface area (Å²) in [5.74, 6) is -1.02. The van der Waals surface area contributed by atoms with Gasteiger partial charge in [0.15, 0.2) is 12.1 Å². The summed E-state index contributed by atoms with van der Waals surface area (Å²) in [6.07, 6.45) is 3.60. The SMILES string of the molecule is Cn1cc(Cc2cccc3c2C2=NC(N)N=C(c4ccc(F)cc4)C2C3=O)cn1. The highest BCUT2D eigenvalue weighted by Crippen LogP contribution is 2.35. The number of hydrogen-bond acceptors (Lipinski definition) is 5. The number of ketones is 1. The fourth-order valence-electron chi connectivity index (χ4n) is 4.11. The minimum absolute atomic E-state index is 0.0539. The lowest BCUT2D eigenvalue weighted by atomic mass is 9.90. The number of fused-ring (bicyclic) bond motifs is 3. The van der Waals surface area contributed by atoms with Gasteiger partial charge in [-0.15, -0.1) is 0 Å². The number of aromatic nitrogens is 2. The van der Waals surface area contributed by atoms with E-state index in [9.17, 15) is 9.18 Å². The number of Topliss-reactive ketones (excluding diaryl/α,β-unsaturated/α-hetero) is 1. The zero-order valence-corrected chi connectivity index (χ0v) is 15.7. The van der Waals surface area contributed by atoms with E-state index >= 15 is 0 Å². The highest BCUT2D eigenvalue weighted by Gasteiger charge is 2.43. The van der Waals surface area contributed by atoms with Crippen LogP contribution in [0.2, 0.25) is 0 Å². The van der Waals surface area contributed by atoms with Crippen LogP contribution in [0.3, 0.4) is 0 Å². The van der Waals surface area contributed by atoms with Crippen LogP contribution >= 0.6 is 0 Å². The number of halogens is 1. The van der Waals surface area contributed by atoms with E-state index in [4.69, 9.17) is 5.73 Å². The van der Waals surface area contributed by atoms with Crippen LogP contribution in [0.15, 0.2) is 64.8 Å². The lowest BCUT2D eigenvalue weighted by Crippen LogP contribution is -2.35. The molecule has 2 heterocycles. The van der Waals surface area contributed by atoms with Crippen LogP contribution in [0.4, 0.5) is 4.39 Å². The molecule has 1 aliphatic carbocycles. The van der Waals surface area contributed by atoms with Crippen molar-refractivity contribution in [3.63, 3.8) is 0 Å². The first-order chi connectivity index (χ1) is 14.0. The van der Waals surface area contributed by atoms with E-state index in [-0.39, 0.29) is 11.6 Å². The molecule has 2 aromatic carbocycles. The third-order valence-corrected chi connectivity index (χ3v) is 5.32. The highest BCUT2D eigenvalue weighted by atomic mass is 19.1. The lowest BCUT2D eigenvalue weighted by molar-refractivity contribution is 0.0984. The van der Waals surface area contributed by atoms with Crippen molar-refractivity contribution in [1.29, 1.82) is 0 Å². The molecule has 0 radical (unpaired) electrons. The lowest BCUT2D eigenvalue weighted by Gasteiger charge is -2.21. The van der Waals surface area contributed by atoms with Crippen molar-refractivity contribution in [1.82, 2.24) is 9.78 Å². The third kappa shape index (κ3) is 2.91. The van der Waals surface area contributed by atoms with Crippen LogP contribution in [0.1, 0.15) is 32.6 Å². The van der Waals surface area contributed by atoms with Gasteiger partial charge in [0.05, 0.1) is 17.6 Å². The molecule has 0 amide bonds. The second-order valence-corrected chi connectivity index (χ2v) is 7.29. The van der Waals surface area contributed by atoms with Gasteiger partial charge in [0, 0.05) is 30.8 Å². The molecule has 7 heteroatoms. The summed E-state index contributed by atoms with van der Waals surface area (Å²) in [5.41, 5.74) is 11.4. The average molecular weight is 387 g/mol. The number of carbonyl (C=O) groups is 1. The first-order valence-corrected chi connectivity index (χ1v) is 9.32. The fraction of sp³-hybridized carbons (Fsp3) is 0.182. The third-order valence-electron chi connectivity index (χ3n) is 5.32. The van der Waals surface area contributed by atoms with Crippen LogP contribution in [0, 0.1) is 11.7 Å². The van der Waals surface area contributed by atoms with Gasteiger partial charge in [-0.3, -0.25) is 15.2 Å². The molecule has 2 aliphatic rings. The van der Waals surface area contributed by atoms with Crippen LogP contribution < -0.4 is 5.73 Å². The number of hydrogen-bond donors (Lipinski definition) is 1. The van der Waals surface area contributed by atoms with E-state index in [0.29, 0.717) is 29.0 Å². The van der Waals surface area contributed by atoms with Crippen molar-refractivity contribution in [2.24, 2.45) is 28.7 Å². The molecule has 144 valence electrons. The second-order valence-electron chi connectivity index (χ2n) is 7.29. The molecule has 5 rings (SSSR count). The van der Waals surface area contributed by atoms with Gasteiger partial charge in [-0.1, -0.05) is 30.3 Å². The molecule has 6 nitrogen and oxygen atoms in total. The Bertz CT molecular complexity index is 1190. The number of aryl methyl sites for hydroxylation is 1. The van der Waals surface area contributed by atoms with E-state index in [0.717, 1.165) is 16.7 Å². The Balaban J connectivity index is 1.61. The maximum Gasteiger partial charge on any atom is 0.191 e. The van der Waals surface area contributed by atoms with Gasteiger partial charge in [0.25, 0.3) is 0 Å². The molecule has 1 aromatic heterocycles. The topological polar surface area (TPSA) is 85.6 Å². The average Bonchev–Trinajstić information content (AvgIpc) is 3.24. The normalized spacial score (nSPS) is 20.2. The molecular weight excluding hydrogens is 369 g/mol. The van der Waals surface area contributed by atoms with Gasteiger partial charge in [-0.25, -0.2) is 14.4 Å². The smallest absolute Gasteiger partial charge is 0.191 e. The summed E-state index contributed by atoms with van der Waals surface area (Å²) in [7, 11) is 1.87. The summed E-state index contributed by atoms with van der Waals surface area (Å²) in [5, 5.41) is 4.22. The molecule has 2 atom stereocenters. The molecule has 1 aliphatic heterocycles. The van der Waals surface area contributed by atoms with Gasteiger partial charge in [-0.2, -0.15) is 5.10 Å². The summed E-state index contributed by atoms with van der Waals surface area (Å²) in [4.78, 5) is 22.3. The summed E-state index contributed by atoms with van der Waals surface area (Å²) < 4.78 is 15.1. The van der Waals surface area contributed by atoms with Gasteiger partial charge < -0.3 is 0 Å². The number of carbonyl (C=O) groups excluding carboxylic acids is 1. The summed E-state index contributed by atoms with van der Waals surface area (Å²) in [6.45, 7) is 0. The Hall–Kier alpha value is -3.45. The Kier molecular flexibility index (Phi) is 3.99. The minimum atomic E-state index is -0.800. The molecule has 0 saturated carbocycles. The molecule has 2 unspecified atom stereocenters. The Morgan fingerprint density at radius 3 is 2.59 bits per heavy atom. The van der Waals surface area contributed by atoms with E-state index < -0.39 is 12.2 Å². The van der Waals surface area contributed by atoms with E-state index in [1.54, 1.807) is 16.8 Å². The molecule has 2 N–H and O–H groups in total. The van der Waals surface area contributed by atoms with Crippen molar-refractivity contribution < 1.29 is 9.18 Å². The van der Waals surface area contributed by atoms with E-state index in [2.05, 4.69) is 15.1 Å². The molecule has 29 heavy (non-hydrogen) atoms. The van der Waals surface area contributed by atoms with Crippen molar-refractivity contribution in [2.75, 3.05) is 0 Å². The molecule has 0 bridgehead atoms. The maximum atomic E-state index is 13.4. The maximum absolute atomic E-state index is 13.4. The summed E-state index contributed by atoms with van der Waals surface area (Å²) in [6, 6.07) is 11.7. The quantitative estimate of drug-likeness (QED) is 0.749. The van der Waals surface area contributed by atoms with Crippen molar-refractivity contribution >= 4 is 17.2 Å². The first-order valence-electron chi connectivity index (χ1n) is 9.32. The van der Waals surface area contributed by atoms with Crippen LogP contribution in [0.25, 0.3) is 0 Å². The van der Waals surface area contributed by atoms with E-state index in [1.807, 2.05) is 37.6 Å². The molecule has 3 aromatic rings. The Morgan fingerprint density at radius 1 is 1.10 bits per heavy atom. The predicted octanol–water partition coefficient (Wildman–Crippen LogP) is 2.50. The number of aliphatic imine (C=N–C) groups is 2. The van der Waals surface area contributed by atoms with Gasteiger partial charge in [0.1, 0.15) is 11.7 Å². The largest absolute Gasteiger partial charge is 0.293 e. The van der Waals surface area contributed by atoms with Crippen LogP contribution in [0.5, 0.6) is 0 Å². The number of nitrogens with zero attached hydrogens (tertiary/aromatic N) is 4. The minimum Gasteiger partial charge on any atom is -0.293 e. The van der Waals surface area contributed by atoms with Crippen molar-refractivity contribution in [3.05, 3.63) is 88.5 Å². The van der Waals surface area contributed by atoms with Gasteiger partial charge in [0.2, 0.25) is 0 Å². The number of nitrogens with two attached hydrogens (primary N) is 1. The molecular formula is C22H18FN5O. The highest BCUT2D eigenvalue weighted by molar-refractivity contribution is 6.41. The molecule has 0 saturated heterocycles. The fourth-order valence-corrected chi connectivity index (χ4v) is 4.11. The Labute approximate surface area is 166 Å². The van der Waals surface area contributed by atoms with Crippen molar-refractivity contribution in [2.45, 2.75) is 12.7 Å². The standard InChI is InChI=1S/C22H18FN5O/c1-28-11-12(10-25-28)9-14-3-2-4-16-17(14)20-18(21(16)29)19(26-22(24)27-20)13-5-7-15(23)8-6-13/h2-8,10-11,18,22H,9,24H2,1H3. The number of benzene rings is 2. The van der Waals surface area contributed by atoms with Gasteiger partial charge >= 0.3 is 0 Å². The Morgan fingerprint density at radius 2 is 1.86 bits per heavy atom. The van der Waals surface area contributed by atoms with E-state index in [1.165, 1.54) is 12.1 Å². The van der Waals surface area contributed by atoms with Crippen LogP contribution in [-0.2, 0) is 13.5 Å². The number of rotatable bonds is 3. The summed E-state index contributed by atoms with van der Waals surface area (Å²) >= 11 is 0. The monoisotopic (exact) mass is 387 g/mol. The zero-order chi connectivity index (χ0) is 20.1. The first kappa shape index (κ1) is 17.6. The predicted molar refractivity (Wildman–Crippen MR) is 108 cm³/mol. The second kappa shape index (κ2) is 6.56. The van der Waals surface area contributed by atoms with Crippen molar-refractivity contribution in [3.8, 4) is 0 Å². The van der Waals surface area contributed by atoms with Gasteiger partial charge in [-0.05, 0) is 28.8 Å². The molecule has 0 fully saturated rings. The zero-order valence-electron chi connectivity index (χ0n) is 15.7. The molecule has 0 spiro atoms.